The molecule has 2 atom stereocenters. The molecule has 1 fully saturated rings. The van der Waals surface area contributed by atoms with Crippen molar-refractivity contribution in [2.45, 2.75) is 26.6 Å². The average Bonchev–Trinajstić information content (AvgIpc) is 3.19. The topological polar surface area (TPSA) is 54.0 Å². The smallest absolute Gasteiger partial charge is 0.426 e. The van der Waals surface area contributed by atoms with Crippen molar-refractivity contribution >= 4 is 17.6 Å². The number of carbonyl (C=O) groups excluding carboxylic acids is 1. The van der Waals surface area contributed by atoms with Gasteiger partial charge in [-0.3, -0.25) is 4.79 Å². The van der Waals surface area contributed by atoms with Gasteiger partial charge in [0.1, 0.15) is 11.6 Å². The Morgan fingerprint density at radius 3 is 1.90 bits per heavy atom. The van der Waals surface area contributed by atoms with Crippen molar-refractivity contribution in [1.29, 1.82) is 0 Å². The standard InChI is InChI=1S/C19H20ClF5O5/c1-18(2)9(6-10(20)19(23,24)25)11(18)17(26)30-7-8-14(27-3)12(21)16(29-5)13(22)15(8)28-4/h6,9,11H,7H2,1-5H3. The Bertz CT molecular complexity index is 835. The van der Waals surface area contributed by atoms with Gasteiger partial charge >= 0.3 is 12.1 Å². The van der Waals surface area contributed by atoms with E-state index in [9.17, 15) is 26.7 Å². The van der Waals surface area contributed by atoms with Gasteiger partial charge in [-0.05, 0) is 11.3 Å². The Labute approximate surface area is 174 Å². The van der Waals surface area contributed by atoms with Crippen molar-refractivity contribution < 1.29 is 45.7 Å². The molecular formula is C19H20ClF5O5. The van der Waals surface area contributed by atoms with Gasteiger partial charge < -0.3 is 18.9 Å². The molecule has 0 aromatic heterocycles. The zero-order chi connectivity index (χ0) is 23.0. The number of ether oxygens (including phenoxy) is 4. The Hall–Kier alpha value is -2.23. The summed E-state index contributed by atoms with van der Waals surface area (Å²) in [7, 11) is 3.28. The molecular weight excluding hydrogens is 439 g/mol. The molecule has 0 amide bonds. The molecule has 0 saturated heterocycles. The van der Waals surface area contributed by atoms with E-state index in [2.05, 4.69) is 4.74 Å². The number of carbonyl (C=O) groups is 1. The maximum absolute atomic E-state index is 14.4. The number of rotatable bonds is 7. The summed E-state index contributed by atoms with van der Waals surface area (Å²) in [6.07, 6.45) is -3.96. The molecule has 11 heteroatoms. The van der Waals surface area contributed by atoms with Crippen LogP contribution in [-0.4, -0.2) is 33.5 Å². The zero-order valence-electron chi connectivity index (χ0n) is 16.7. The van der Waals surface area contributed by atoms with Gasteiger partial charge in [0.25, 0.3) is 0 Å². The van der Waals surface area contributed by atoms with Gasteiger partial charge in [0.05, 0.1) is 32.8 Å². The van der Waals surface area contributed by atoms with E-state index in [1.165, 1.54) is 0 Å². The van der Waals surface area contributed by atoms with E-state index in [-0.39, 0.29) is 5.56 Å². The van der Waals surface area contributed by atoms with E-state index in [0.717, 1.165) is 27.4 Å². The van der Waals surface area contributed by atoms with Gasteiger partial charge in [0.15, 0.2) is 17.2 Å². The maximum atomic E-state index is 14.4. The normalized spacial score (nSPS) is 20.6. The van der Waals surface area contributed by atoms with Crippen molar-refractivity contribution in [3.8, 4) is 17.2 Å². The molecule has 2 unspecified atom stereocenters. The number of hydrogen-bond acceptors (Lipinski definition) is 5. The van der Waals surface area contributed by atoms with Gasteiger partial charge in [-0.1, -0.05) is 31.5 Å². The van der Waals surface area contributed by atoms with Crippen LogP contribution in [-0.2, 0) is 16.1 Å². The van der Waals surface area contributed by atoms with Crippen LogP contribution in [0.15, 0.2) is 11.1 Å². The first kappa shape index (κ1) is 24.0. The van der Waals surface area contributed by atoms with Crippen molar-refractivity contribution in [1.82, 2.24) is 0 Å². The quantitative estimate of drug-likeness (QED) is 0.425. The fourth-order valence-corrected chi connectivity index (χ4v) is 3.47. The largest absolute Gasteiger partial charge is 0.493 e. The van der Waals surface area contributed by atoms with Crippen LogP contribution in [0.25, 0.3) is 0 Å². The third-order valence-corrected chi connectivity index (χ3v) is 5.42. The lowest BCUT2D eigenvalue weighted by Gasteiger charge is -2.17. The molecule has 1 aliphatic rings. The number of alkyl halides is 3. The summed E-state index contributed by atoms with van der Waals surface area (Å²) in [5, 5.41) is -1.33. The molecule has 30 heavy (non-hydrogen) atoms. The van der Waals surface area contributed by atoms with Gasteiger partial charge in [-0.15, -0.1) is 0 Å². The molecule has 0 radical (unpaired) electrons. The Morgan fingerprint density at radius 2 is 1.50 bits per heavy atom. The molecule has 5 nitrogen and oxygen atoms in total. The van der Waals surface area contributed by atoms with Crippen LogP contribution < -0.4 is 14.2 Å². The Kier molecular flexibility index (Phi) is 6.80. The molecule has 0 spiro atoms. The molecule has 0 heterocycles. The van der Waals surface area contributed by atoms with Crippen molar-refractivity contribution in [3.63, 3.8) is 0 Å². The van der Waals surface area contributed by atoms with Gasteiger partial charge in [-0.2, -0.15) is 22.0 Å². The molecule has 1 saturated carbocycles. The molecule has 2 rings (SSSR count). The highest BCUT2D eigenvalue weighted by Gasteiger charge is 2.62. The zero-order valence-corrected chi connectivity index (χ0v) is 17.5. The maximum Gasteiger partial charge on any atom is 0.426 e. The van der Waals surface area contributed by atoms with E-state index < -0.39 is 69.9 Å². The first-order chi connectivity index (χ1) is 13.8. The highest BCUT2D eigenvalue weighted by atomic mass is 35.5. The lowest BCUT2D eigenvalue weighted by atomic mass is 10.1. The number of benzene rings is 1. The number of hydrogen-bond donors (Lipinski definition) is 0. The molecule has 1 aromatic carbocycles. The van der Waals surface area contributed by atoms with Crippen LogP contribution in [0.3, 0.4) is 0 Å². The second-order valence-corrected chi connectivity index (χ2v) is 7.56. The van der Waals surface area contributed by atoms with Crippen molar-refractivity contribution in [3.05, 3.63) is 28.3 Å². The minimum atomic E-state index is -4.73. The second-order valence-electron chi connectivity index (χ2n) is 7.15. The monoisotopic (exact) mass is 458 g/mol. The van der Waals surface area contributed by atoms with Gasteiger partial charge in [0.2, 0.25) is 11.6 Å². The molecule has 0 bridgehead atoms. The second kappa shape index (κ2) is 8.49. The summed E-state index contributed by atoms with van der Waals surface area (Å²) in [4.78, 5) is 12.5. The van der Waals surface area contributed by atoms with Crippen LogP contribution in [0.2, 0.25) is 0 Å². The number of halogens is 6. The Morgan fingerprint density at radius 1 is 1.03 bits per heavy atom. The average molecular weight is 459 g/mol. The lowest BCUT2D eigenvalue weighted by Crippen LogP contribution is -2.13. The van der Waals surface area contributed by atoms with E-state index >= 15 is 0 Å². The summed E-state index contributed by atoms with van der Waals surface area (Å²) in [6.45, 7) is 2.52. The Balaban J connectivity index is 2.27. The van der Waals surface area contributed by atoms with Crippen molar-refractivity contribution in [2.24, 2.45) is 17.3 Å². The van der Waals surface area contributed by atoms with Crippen LogP contribution in [0, 0.1) is 28.9 Å². The predicted octanol–water partition coefficient (Wildman–Crippen LogP) is 4.99. The van der Waals surface area contributed by atoms with Gasteiger partial charge in [-0.25, -0.2) is 0 Å². The number of esters is 1. The number of allylic oxidation sites excluding steroid dienone is 2. The lowest BCUT2D eigenvalue weighted by molar-refractivity contribution is -0.147. The third-order valence-electron chi connectivity index (χ3n) is 5.08. The summed E-state index contributed by atoms with van der Waals surface area (Å²) >= 11 is 5.26. The molecule has 0 N–H and O–H groups in total. The van der Waals surface area contributed by atoms with Gasteiger partial charge in [0, 0.05) is 0 Å². The molecule has 1 aromatic rings. The summed E-state index contributed by atoms with van der Waals surface area (Å²) < 4.78 is 86.5. The van der Waals surface area contributed by atoms with E-state index in [4.69, 9.17) is 25.8 Å². The first-order valence-corrected chi connectivity index (χ1v) is 8.97. The SMILES string of the molecule is COc1c(F)c(OC)c(COC(=O)C2C(C=C(Cl)C(F)(F)F)C2(C)C)c(OC)c1F. The summed E-state index contributed by atoms with van der Waals surface area (Å²) in [5.74, 6) is -6.55. The van der Waals surface area contributed by atoms with Crippen LogP contribution in [0.4, 0.5) is 22.0 Å². The van der Waals surface area contributed by atoms with Crippen molar-refractivity contribution in [2.75, 3.05) is 21.3 Å². The highest BCUT2D eigenvalue weighted by Crippen LogP contribution is 2.60. The van der Waals surface area contributed by atoms with Crippen LogP contribution >= 0.6 is 11.6 Å². The molecule has 0 aliphatic heterocycles. The minimum Gasteiger partial charge on any atom is -0.493 e. The first-order valence-electron chi connectivity index (χ1n) is 8.59. The minimum absolute atomic E-state index is 0.233. The number of methoxy groups -OCH3 is 3. The van der Waals surface area contributed by atoms with Crippen LogP contribution in [0.5, 0.6) is 17.2 Å². The summed E-state index contributed by atoms with van der Waals surface area (Å²) in [5.41, 5.74) is -1.07. The summed E-state index contributed by atoms with van der Waals surface area (Å²) in [6, 6.07) is 0. The highest BCUT2D eigenvalue weighted by molar-refractivity contribution is 6.30. The van der Waals surface area contributed by atoms with E-state index in [1.807, 2.05) is 0 Å². The van der Waals surface area contributed by atoms with Crippen LogP contribution in [0.1, 0.15) is 19.4 Å². The molecule has 1 aliphatic carbocycles. The molecule has 168 valence electrons. The fourth-order valence-electron chi connectivity index (χ4n) is 3.33. The van der Waals surface area contributed by atoms with E-state index in [1.54, 1.807) is 13.8 Å². The fraction of sp³-hybridized carbons (Fsp3) is 0.526. The third kappa shape index (κ3) is 4.28. The predicted molar refractivity (Wildman–Crippen MR) is 96.6 cm³/mol. The van der Waals surface area contributed by atoms with E-state index in [0.29, 0.717) is 0 Å².